The van der Waals surface area contributed by atoms with Gasteiger partial charge in [-0.15, -0.1) is 18.3 Å². The van der Waals surface area contributed by atoms with Crippen molar-refractivity contribution in [3.8, 4) is 11.4 Å². The molecule has 0 bridgehead atoms. The van der Waals surface area contributed by atoms with Crippen LogP contribution in [-0.2, 0) is 6.18 Å². The molecular weight excluding hydrogens is 287 g/mol. The Morgan fingerprint density at radius 2 is 1.90 bits per heavy atom. The first-order valence-corrected chi connectivity index (χ1v) is 6.59. The van der Waals surface area contributed by atoms with E-state index in [0.717, 1.165) is 6.07 Å². The second-order valence-corrected chi connectivity index (χ2v) is 4.79. The van der Waals surface area contributed by atoms with Gasteiger partial charge < -0.3 is 0 Å². The van der Waals surface area contributed by atoms with Crippen molar-refractivity contribution >= 4 is 11.8 Å². The molecule has 0 N–H and O–H groups in total. The van der Waals surface area contributed by atoms with Gasteiger partial charge in [-0.3, -0.25) is 4.98 Å². The fourth-order valence-electron chi connectivity index (χ4n) is 1.42. The molecule has 0 atom stereocenters. The van der Waals surface area contributed by atoms with Crippen molar-refractivity contribution in [1.29, 1.82) is 0 Å². The molecule has 0 saturated heterocycles. The van der Waals surface area contributed by atoms with Gasteiger partial charge in [0.2, 0.25) is 0 Å². The highest BCUT2D eigenvalue weighted by atomic mass is 32.2. The SMILES string of the molecule is C=CCSc1cc(C(F)(F)F)nc(-c2ccncc2)n1. The highest BCUT2D eigenvalue weighted by molar-refractivity contribution is 7.99. The summed E-state index contributed by atoms with van der Waals surface area (Å²) in [5.74, 6) is 0.512. The van der Waals surface area contributed by atoms with Crippen LogP contribution in [0.2, 0.25) is 0 Å². The van der Waals surface area contributed by atoms with Crippen molar-refractivity contribution < 1.29 is 13.2 Å². The molecule has 104 valence electrons. The van der Waals surface area contributed by atoms with E-state index < -0.39 is 11.9 Å². The predicted molar refractivity (Wildman–Crippen MR) is 71.2 cm³/mol. The van der Waals surface area contributed by atoms with Crippen molar-refractivity contribution in [2.24, 2.45) is 0 Å². The lowest BCUT2D eigenvalue weighted by molar-refractivity contribution is -0.141. The molecule has 0 unspecified atom stereocenters. The standard InChI is InChI=1S/C13H10F3N3S/c1-2-7-20-11-8-10(13(14,15)16)18-12(19-11)9-3-5-17-6-4-9/h2-6,8H,1,7H2. The van der Waals surface area contributed by atoms with Gasteiger partial charge in [0.05, 0.1) is 0 Å². The minimum Gasteiger partial charge on any atom is -0.265 e. The summed E-state index contributed by atoms with van der Waals surface area (Å²) >= 11 is 1.17. The van der Waals surface area contributed by atoms with Gasteiger partial charge in [0.1, 0.15) is 10.7 Å². The fourth-order valence-corrected chi connectivity index (χ4v) is 2.05. The molecule has 7 heteroatoms. The maximum Gasteiger partial charge on any atom is 0.433 e. The number of alkyl halides is 3. The van der Waals surface area contributed by atoms with Gasteiger partial charge in [-0.25, -0.2) is 9.97 Å². The lowest BCUT2D eigenvalue weighted by atomic mass is 10.2. The van der Waals surface area contributed by atoms with Crippen molar-refractivity contribution in [3.63, 3.8) is 0 Å². The van der Waals surface area contributed by atoms with Crippen LogP contribution in [0.3, 0.4) is 0 Å². The highest BCUT2D eigenvalue weighted by Gasteiger charge is 2.33. The molecule has 0 fully saturated rings. The summed E-state index contributed by atoms with van der Waals surface area (Å²) in [6.45, 7) is 3.53. The quantitative estimate of drug-likeness (QED) is 0.488. The average molecular weight is 297 g/mol. The molecule has 3 nitrogen and oxygen atoms in total. The number of hydrogen-bond donors (Lipinski definition) is 0. The first-order valence-electron chi connectivity index (χ1n) is 5.61. The maximum absolute atomic E-state index is 12.9. The first kappa shape index (κ1) is 14.5. The van der Waals surface area contributed by atoms with Crippen molar-refractivity contribution in [1.82, 2.24) is 15.0 Å². The number of nitrogens with zero attached hydrogens (tertiary/aromatic N) is 3. The lowest BCUT2D eigenvalue weighted by Crippen LogP contribution is -2.10. The van der Waals surface area contributed by atoms with Crippen LogP contribution in [0.25, 0.3) is 11.4 Å². The third kappa shape index (κ3) is 3.57. The van der Waals surface area contributed by atoms with Crippen LogP contribution in [-0.4, -0.2) is 20.7 Å². The topological polar surface area (TPSA) is 38.7 Å². The molecule has 0 aliphatic heterocycles. The number of halogens is 3. The van der Waals surface area contributed by atoms with E-state index in [4.69, 9.17) is 0 Å². The van der Waals surface area contributed by atoms with Gasteiger partial charge >= 0.3 is 6.18 Å². The second kappa shape index (κ2) is 6.04. The predicted octanol–water partition coefficient (Wildman–Crippen LogP) is 3.84. The number of hydrogen-bond acceptors (Lipinski definition) is 4. The smallest absolute Gasteiger partial charge is 0.265 e. The molecule has 0 aliphatic carbocycles. The van der Waals surface area contributed by atoms with E-state index >= 15 is 0 Å². The van der Waals surface area contributed by atoms with Crippen LogP contribution in [0.15, 0.2) is 48.3 Å². The Kier molecular flexibility index (Phi) is 4.39. The van der Waals surface area contributed by atoms with Gasteiger partial charge in [-0.2, -0.15) is 13.2 Å². The van der Waals surface area contributed by atoms with E-state index in [2.05, 4.69) is 21.5 Å². The molecular formula is C13H10F3N3S. The zero-order valence-electron chi connectivity index (χ0n) is 10.3. The number of aromatic nitrogens is 3. The zero-order valence-corrected chi connectivity index (χ0v) is 11.1. The number of pyridine rings is 1. The largest absolute Gasteiger partial charge is 0.433 e. The molecule has 0 aromatic carbocycles. The van der Waals surface area contributed by atoms with Crippen molar-refractivity contribution in [3.05, 3.63) is 48.9 Å². The molecule has 2 aromatic rings. The Labute approximate surface area is 118 Å². The molecule has 2 aromatic heterocycles. The van der Waals surface area contributed by atoms with E-state index in [0.29, 0.717) is 11.3 Å². The second-order valence-electron chi connectivity index (χ2n) is 3.75. The summed E-state index contributed by atoms with van der Waals surface area (Å²) in [5, 5.41) is 0.263. The minimum absolute atomic E-state index is 0.0359. The Hall–Kier alpha value is -1.89. The average Bonchev–Trinajstić information content (AvgIpc) is 2.45. The minimum atomic E-state index is -4.51. The van der Waals surface area contributed by atoms with E-state index in [1.54, 1.807) is 18.2 Å². The fraction of sp³-hybridized carbons (Fsp3) is 0.154. The maximum atomic E-state index is 12.9. The van der Waals surface area contributed by atoms with Gasteiger partial charge in [0.25, 0.3) is 0 Å². The molecule has 0 amide bonds. The third-order valence-electron chi connectivity index (χ3n) is 2.28. The van der Waals surface area contributed by atoms with Gasteiger partial charge in [-0.05, 0) is 12.1 Å². The first-order chi connectivity index (χ1) is 9.50. The highest BCUT2D eigenvalue weighted by Crippen LogP contribution is 2.31. The Morgan fingerprint density at radius 3 is 2.50 bits per heavy atom. The third-order valence-corrected chi connectivity index (χ3v) is 3.19. The molecule has 20 heavy (non-hydrogen) atoms. The van der Waals surface area contributed by atoms with Crippen LogP contribution in [0.1, 0.15) is 5.69 Å². The van der Waals surface area contributed by atoms with Gasteiger partial charge in [0.15, 0.2) is 5.82 Å². The van der Waals surface area contributed by atoms with E-state index in [1.165, 1.54) is 24.2 Å². The van der Waals surface area contributed by atoms with Crippen LogP contribution in [0.5, 0.6) is 0 Å². The summed E-state index contributed by atoms with van der Waals surface area (Å²) < 4.78 is 38.6. The van der Waals surface area contributed by atoms with Gasteiger partial charge in [-0.1, -0.05) is 6.08 Å². The van der Waals surface area contributed by atoms with Crippen molar-refractivity contribution in [2.45, 2.75) is 11.2 Å². The molecule has 0 saturated carbocycles. The Morgan fingerprint density at radius 1 is 1.20 bits per heavy atom. The van der Waals surface area contributed by atoms with Gasteiger partial charge in [0, 0.05) is 29.8 Å². The van der Waals surface area contributed by atoms with Crippen LogP contribution < -0.4 is 0 Å². The van der Waals surface area contributed by atoms with Crippen LogP contribution in [0.4, 0.5) is 13.2 Å². The Bertz CT molecular complexity index is 600. The van der Waals surface area contributed by atoms with E-state index in [1.807, 2.05) is 0 Å². The lowest BCUT2D eigenvalue weighted by Gasteiger charge is -2.09. The normalized spacial score (nSPS) is 11.3. The molecule has 0 radical (unpaired) electrons. The Balaban J connectivity index is 2.48. The summed E-state index contributed by atoms with van der Waals surface area (Å²) in [6, 6.07) is 4.08. The number of rotatable bonds is 4. The molecule has 2 rings (SSSR count). The summed E-state index contributed by atoms with van der Waals surface area (Å²) in [4.78, 5) is 11.5. The van der Waals surface area contributed by atoms with Crippen molar-refractivity contribution in [2.75, 3.05) is 5.75 Å². The van der Waals surface area contributed by atoms with E-state index in [-0.39, 0.29) is 10.9 Å². The summed E-state index contributed by atoms with van der Waals surface area (Å²) in [6.07, 6.45) is 0.0609. The van der Waals surface area contributed by atoms with Crippen LogP contribution >= 0.6 is 11.8 Å². The van der Waals surface area contributed by atoms with E-state index in [9.17, 15) is 13.2 Å². The van der Waals surface area contributed by atoms with Crippen LogP contribution in [0, 0.1) is 0 Å². The molecule has 2 heterocycles. The number of thioether (sulfide) groups is 1. The monoisotopic (exact) mass is 297 g/mol. The zero-order chi connectivity index (χ0) is 14.6. The molecule has 0 aliphatic rings. The molecule has 0 spiro atoms. The summed E-state index contributed by atoms with van der Waals surface area (Å²) in [7, 11) is 0. The summed E-state index contributed by atoms with van der Waals surface area (Å²) in [5.41, 5.74) is -0.461.